The molecular weight excluding hydrogens is 204 g/mol. The highest BCUT2D eigenvalue weighted by Gasteiger charge is 2.42. The second-order valence-electron chi connectivity index (χ2n) is 4.54. The van der Waals surface area contributed by atoms with Gasteiger partial charge in [0.05, 0.1) is 24.8 Å². The summed E-state index contributed by atoms with van der Waals surface area (Å²) in [6, 6.07) is 4.13. The van der Waals surface area contributed by atoms with Gasteiger partial charge in [0.2, 0.25) is 0 Å². The van der Waals surface area contributed by atoms with E-state index in [1.807, 2.05) is 19.9 Å². The molecule has 0 spiro atoms. The predicted molar refractivity (Wildman–Crippen MR) is 56.8 cm³/mol. The van der Waals surface area contributed by atoms with E-state index < -0.39 is 5.97 Å². The molecule has 1 aliphatic rings. The Bertz CT molecular complexity index is 421. The summed E-state index contributed by atoms with van der Waals surface area (Å²) >= 11 is 0. The molecule has 16 heavy (non-hydrogen) atoms. The van der Waals surface area contributed by atoms with Crippen LogP contribution in [-0.4, -0.2) is 13.1 Å². The molecule has 84 valence electrons. The Morgan fingerprint density at radius 3 is 2.62 bits per heavy atom. The number of hydrogen-bond donors (Lipinski definition) is 0. The molecule has 1 rings (SSSR count). The van der Waals surface area contributed by atoms with Gasteiger partial charge in [-0.15, -0.1) is 0 Å². The highest BCUT2D eigenvalue weighted by molar-refractivity contribution is 5.92. The molecule has 0 aromatic rings. The van der Waals surface area contributed by atoms with E-state index in [-0.39, 0.29) is 17.8 Å². The van der Waals surface area contributed by atoms with Gasteiger partial charge in [0.15, 0.2) is 0 Å². The highest BCUT2D eigenvalue weighted by atomic mass is 16.5. The normalized spacial score (nSPS) is 22.4. The predicted octanol–water partition coefficient (Wildman–Crippen LogP) is 1.94. The second-order valence-corrected chi connectivity index (χ2v) is 4.54. The molecule has 0 aromatic carbocycles. The van der Waals surface area contributed by atoms with Crippen LogP contribution in [0.1, 0.15) is 26.7 Å². The first-order valence-corrected chi connectivity index (χ1v) is 5.08. The zero-order chi connectivity index (χ0) is 12.3. The molecule has 1 aliphatic carbocycles. The lowest BCUT2D eigenvalue weighted by atomic mass is 9.84. The van der Waals surface area contributed by atoms with Crippen LogP contribution in [0.4, 0.5) is 0 Å². The molecule has 4 heteroatoms. The van der Waals surface area contributed by atoms with Gasteiger partial charge in [-0.1, -0.05) is 13.8 Å². The van der Waals surface area contributed by atoms with Gasteiger partial charge in [0.25, 0.3) is 0 Å². The first-order chi connectivity index (χ1) is 7.47. The fourth-order valence-corrected chi connectivity index (χ4v) is 2.26. The van der Waals surface area contributed by atoms with E-state index in [0.29, 0.717) is 17.6 Å². The number of ether oxygens (including phenoxy) is 1. The second kappa shape index (κ2) is 4.37. The summed E-state index contributed by atoms with van der Waals surface area (Å²) in [7, 11) is 1.29. The average Bonchev–Trinajstić information content (AvgIpc) is 2.48. The minimum Gasteiger partial charge on any atom is -0.466 e. The number of nitrogens with zero attached hydrogens (tertiary/aromatic N) is 2. The van der Waals surface area contributed by atoms with Gasteiger partial charge >= 0.3 is 5.97 Å². The molecule has 0 heterocycles. The van der Waals surface area contributed by atoms with Crippen molar-refractivity contribution in [3.8, 4) is 12.1 Å². The van der Waals surface area contributed by atoms with Crippen molar-refractivity contribution in [2.45, 2.75) is 26.7 Å². The van der Waals surface area contributed by atoms with Gasteiger partial charge in [-0.05, 0) is 6.42 Å². The molecule has 4 nitrogen and oxygen atoms in total. The van der Waals surface area contributed by atoms with Crippen molar-refractivity contribution in [2.24, 2.45) is 11.3 Å². The molecule has 0 N–H and O–H groups in total. The molecule has 1 atom stereocenters. The molecule has 0 fully saturated rings. The van der Waals surface area contributed by atoms with Crippen LogP contribution in [0.3, 0.4) is 0 Å². The van der Waals surface area contributed by atoms with Gasteiger partial charge in [0, 0.05) is 23.3 Å². The van der Waals surface area contributed by atoms with Gasteiger partial charge in [-0.2, -0.15) is 10.5 Å². The Morgan fingerprint density at radius 2 is 2.19 bits per heavy atom. The molecule has 0 saturated carbocycles. The van der Waals surface area contributed by atoms with Gasteiger partial charge in [0.1, 0.15) is 0 Å². The largest absolute Gasteiger partial charge is 0.466 e. The molecule has 0 radical (unpaired) electrons. The molecular formula is C12H14N2O2. The topological polar surface area (TPSA) is 73.9 Å². The van der Waals surface area contributed by atoms with Crippen molar-refractivity contribution in [1.82, 2.24) is 0 Å². The zero-order valence-corrected chi connectivity index (χ0v) is 9.70. The summed E-state index contributed by atoms with van der Waals surface area (Å²) in [5.41, 5.74) is 0.496. The SMILES string of the molecule is COC(=O)C1=C(C#N)C(C)(C)CC1CC#N. The van der Waals surface area contributed by atoms with Crippen molar-refractivity contribution in [2.75, 3.05) is 7.11 Å². The van der Waals surface area contributed by atoms with E-state index in [1.165, 1.54) is 7.11 Å². The third-order valence-corrected chi connectivity index (χ3v) is 2.97. The molecule has 0 bridgehead atoms. The number of esters is 1. The summed E-state index contributed by atoms with van der Waals surface area (Å²) in [5.74, 6) is -0.663. The van der Waals surface area contributed by atoms with E-state index in [4.69, 9.17) is 10.5 Å². The van der Waals surface area contributed by atoms with Crippen LogP contribution in [-0.2, 0) is 9.53 Å². The van der Waals surface area contributed by atoms with Crippen LogP contribution in [0.15, 0.2) is 11.1 Å². The zero-order valence-electron chi connectivity index (χ0n) is 9.70. The van der Waals surface area contributed by atoms with Crippen LogP contribution in [0.5, 0.6) is 0 Å². The standard InChI is InChI=1S/C12H14N2O2/c1-12(2)6-8(4-5-13)10(9(12)7-14)11(15)16-3/h8H,4,6H2,1-3H3. The maximum atomic E-state index is 11.6. The van der Waals surface area contributed by atoms with E-state index in [1.54, 1.807) is 0 Å². The number of nitriles is 2. The number of carbonyl (C=O) groups is 1. The van der Waals surface area contributed by atoms with Crippen LogP contribution in [0.2, 0.25) is 0 Å². The van der Waals surface area contributed by atoms with Crippen LogP contribution in [0.25, 0.3) is 0 Å². The number of carbonyl (C=O) groups excluding carboxylic acids is 1. The molecule has 1 unspecified atom stereocenters. The number of rotatable bonds is 2. The van der Waals surface area contributed by atoms with E-state index in [9.17, 15) is 4.79 Å². The van der Waals surface area contributed by atoms with Crippen molar-refractivity contribution in [1.29, 1.82) is 10.5 Å². The van der Waals surface area contributed by atoms with E-state index >= 15 is 0 Å². The Hall–Kier alpha value is -1.81. The fraction of sp³-hybridized carbons (Fsp3) is 0.583. The summed E-state index contributed by atoms with van der Waals surface area (Å²) in [5, 5.41) is 17.8. The molecule has 0 aliphatic heterocycles. The van der Waals surface area contributed by atoms with Crippen molar-refractivity contribution in [3.05, 3.63) is 11.1 Å². The Morgan fingerprint density at radius 1 is 1.56 bits per heavy atom. The number of allylic oxidation sites excluding steroid dienone is 1. The van der Waals surface area contributed by atoms with Gasteiger partial charge < -0.3 is 4.74 Å². The van der Waals surface area contributed by atoms with Crippen LogP contribution >= 0.6 is 0 Å². The Balaban J connectivity index is 3.24. The Kier molecular flexibility index (Phi) is 3.34. The van der Waals surface area contributed by atoms with E-state index in [2.05, 4.69) is 10.8 Å². The monoisotopic (exact) mass is 218 g/mol. The molecule has 0 saturated heterocycles. The summed E-state index contributed by atoms with van der Waals surface area (Å²) < 4.78 is 4.68. The Labute approximate surface area is 95.1 Å². The van der Waals surface area contributed by atoms with Crippen molar-refractivity contribution >= 4 is 5.97 Å². The fourth-order valence-electron chi connectivity index (χ4n) is 2.26. The summed E-state index contributed by atoms with van der Waals surface area (Å²) in [4.78, 5) is 11.6. The van der Waals surface area contributed by atoms with Crippen molar-refractivity contribution < 1.29 is 9.53 Å². The third-order valence-electron chi connectivity index (χ3n) is 2.97. The maximum Gasteiger partial charge on any atom is 0.335 e. The number of hydrogen-bond acceptors (Lipinski definition) is 4. The summed E-state index contributed by atoms with van der Waals surface area (Å²) in [6.07, 6.45) is 0.896. The maximum absolute atomic E-state index is 11.6. The van der Waals surface area contributed by atoms with Crippen molar-refractivity contribution in [3.63, 3.8) is 0 Å². The summed E-state index contributed by atoms with van der Waals surface area (Å²) in [6.45, 7) is 3.82. The molecule has 0 amide bonds. The third kappa shape index (κ3) is 1.92. The van der Waals surface area contributed by atoms with Crippen LogP contribution < -0.4 is 0 Å². The lowest BCUT2D eigenvalue weighted by molar-refractivity contribution is -0.136. The quantitative estimate of drug-likeness (QED) is 0.664. The highest BCUT2D eigenvalue weighted by Crippen LogP contribution is 2.47. The lowest BCUT2D eigenvalue weighted by Gasteiger charge is -2.17. The van der Waals surface area contributed by atoms with Crippen LogP contribution in [0, 0.1) is 34.0 Å². The minimum atomic E-state index is -0.484. The van der Waals surface area contributed by atoms with E-state index in [0.717, 1.165) is 0 Å². The smallest absolute Gasteiger partial charge is 0.335 e. The average molecular weight is 218 g/mol. The first-order valence-electron chi connectivity index (χ1n) is 5.08. The first kappa shape index (κ1) is 12.3. The van der Waals surface area contributed by atoms with Gasteiger partial charge in [-0.3, -0.25) is 0 Å². The molecule has 0 aromatic heterocycles. The lowest BCUT2D eigenvalue weighted by Crippen LogP contribution is -2.11. The minimum absolute atomic E-state index is 0.179. The van der Waals surface area contributed by atoms with Gasteiger partial charge in [-0.25, -0.2) is 4.79 Å². The number of methoxy groups -OCH3 is 1.